The van der Waals surface area contributed by atoms with Crippen LogP contribution in [0.25, 0.3) is 11.3 Å². The van der Waals surface area contributed by atoms with E-state index in [0.717, 1.165) is 16.8 Å². The number of methoxy groups -OCH3 is 1. The van der Waals surface area contributed by atoms with Crippen molar-refractivity contribution in [1.29, 1.82) is 0 Å². The predicted octanol–water partition coefficient (Wildman–Crippen LogP) is 2.01. The van der Waals surface area contributed by atoms with Crippen molar-refractivity contribution < 1.29 is 14.6 Å². The summed E-state index contributed by atoms with van der Waals surface area (Å²) in [6, 6.07) is 9.25. The zero-order valence-corrected chi connectivity index (χ0v) is 14.2. The lowest BCUT2D eigenvalue weighted by Crippen LogP contribution is -2.39. The third-order valence-corrected chi connectivity index (χ3v) is 3.55. The van der Waals surface area contributed by atoms with Crippen LogP contribution in [0.2, 0.25) is 0 Å². The highest BCUT2D eigenvalue weighted by atomic mass is 16.5. The Bertz CT molecular complexity index is 684. The number of anilines is 1. The highest BCUT2D eigenvalue weighted by molar-refractivity contribution is 5.89. The molecule has 0 aliphatic heterocycles. The number of aromatic nitrogens is 2. The standard InChI is InChI=1S/C17H24N4O3/c1-12-6-4-5-7-14(12)15-10-16(21(20-15)8-9-22)19-17(23)18-13(2)11-24-3/h4-7,10,13,22H,8-9,11H2,1-3H3,(H2,18,19,23)/t13-/m1/s1. The van der Waals surface area contributed by atoms with Crippen LogP contribution in [-0.4, -0.2) is 47.3 Å². The summed E-state index contributed by atoms with van der Waals surface area (Å²) in [5.74, 6) is 0.532. The molecule has 24 heavy (non-hydrogen) atoms. The van der Waals surface area contributed by atoms with Crippen LogP contribution in [0.4, 0.5) is 10.6 Å². The summed E-state index contributed by atoms with van der Waals surface area (Å²) in [4.78, 5) is 12.1. The predicted molar refractivity (Wildman–Crippen MR) is 93.0 cm³/mol. The van der Waals surface area contributed by atoms with Gasteiger partial charge in [0, 0.05) is 18.7 Å². The minimum atomic E-state index is -0.338. The van der Waals surface area contributed by atoms with Gasteiger partial charge in [0.25, 0.3) is 0 Å². The zero-order chi connectivity index (χ0) is 17.5. The summed E-state index contributed by atoms with van der Waals surface area (Å²) in [5, 5.41) is 19.3. The van der Waals surface area contributed by atoms with Crippen molar-refractivity contribution in [3.05, 3.63) is 35.9 Å². The van der Waals surface area contributed by atoms with Crippen LogP contribution in [0.5, 0.6) is 0 Å². The van der Waals surface area contributed by atoms with Gasteiger partial charge in [-0.3, -0.25) is 5.32 Å². The second kappa shape index (κ2) is 8.47. The maximum Gasteiger partial charge on any atom is 0.320 e. The number of hydrogen-bond acceptors (Lipinski definition) is 4. The number of rotatable bonds is 7. The molecule has 130 valence electrons. The van der Waals surface area contributed by atoms with Crippen LogP contribution >= 0.6 is 0 Å². The van der Waals surface area contributed by atoms with Crippen LogP contribution in [0.15, 0.2) is 30.3 Å². The van der Waals surface area contributed by atoms with Gasteiger partial charge in [0.05, 0.1) is 31.5 Å². The molecule has 3 N–H and O–H groups in total. The van der Waals surface area contributed by atoms with Crippen molar-refractivity contribution in [2.75, 3.05) is 25.6 Å². The van der Waals surface area contributed by atoms with Crippen molar-refractivity contribution in [3.8, 4) is 11.3 Å². The summed E-state index contributed by atoms with van der Waals surface area (Å²) >= 11 is 0. The van der Waals surface area contributed by atoms with Gasteiger partial charge in [0.1, 0.15) is 5.82 Å². The molecule has 0 saturated heterocycles. The number of carbonyl (C=O) groups is 1. The monoisotopic (exact) mass is 332 g/mol. The lowest BCUT2D eigenvalue weighted by Gasteiger charge is -2.14. The van der Waals surface area contributed by atoms with Gasteiger partial charge in [0.2, 0.25) is 0 Å². The molecule has 0 unspecified atom stereocenters. The molecule has 0 radical (unpaired) electrons. The van der Waals surface area contributed by atoms with Crippen LogP contribution in [0, 0.1) is 6.92 Å². The molecule has 0 saturated carbocycles. The Hall–Kier alpha value is -2.38. The number of amides is 2. The first kappa shape index (κ1) is 18.0. The Morgan fingerprint density at radius 2 is 2.17 bits per heavy atom. The smallest absolute Gasteiger partial charge is 0.320 e. The highest BCUT2D eigenvalue weighted by Crippen LogP contribution is 2.24. The molecule has 1 aromatic carbocycles. The number of aliphatic hydroxyl groups is 1. The summed E-state index contributed by atoms with van der Waals surface area (Å²) in [5.41, 5.74) is 2.84. The van der Waals surface area contributed by atoms with Gasteiger partial charge in [-0.15, -0.1) is 0 Å². The van der Waals surface area contributed by atoms with Crippen LogP contribution in [0.3, 0.4) is 0 Å². The fourth-order valence-electron chi connectivity index (χ4n) is 2.44. The van der Waals surface area contributed by atoms with Gasteiger partial charge >= 0.3 is 6.03 Å². The van der Waals surface area contributed by atoms with E-state index in [1.165, 1.54) is 0 Å². The molecule has 0 aliphatic rings. The summed E-state index contributed by atoms with van der Waals surface area (Å²) < 4.78 is 6.58. The normalized spacial score (nSPS) is 12.0. The quantitative estimate of drug-likeness (QED) is 0.724. The molecule has 1 heterocycles. The van der Waals surface area contributed by atoms with Gasteiger partial charge < -0.3 is 15.2 Å². The highest BCUT2D eigenvalue weighted by Gasteiger charge is 2.14. The van der Waals surface area contributed by atoms with E-state index < -0.39 is 0 Å². The van der Waals surface area contributed by atoms with Crippen LogP contribution in [-0.2, 0) is 11.3 Å². The third kappa shape index (κ3) is 4.56. The Morgan fingerprint density at radius 3 is 2.83 bits per heavy atom. The zero-order valence-electron chi connectivity index (χ0n) is 14.2. The lowest BCUT2D eigenvalue weighted by molar-refractivity contribution is 0.173. The molecule has 0 aliphatic carbocycles. The summed E-state index contributed by atoms with van der Waals surface area (Å²) in [7, 11) is 1.58. The fraction of sp³-hybridized carbons (Fsp3) is 0.412. The van der Waals surface area contributed by atoms with Crippen molar-refractivity contribution in [3.63, 3.8) is 0 Å². The second-order valence-electron chi connectivity index (χ2n) is 5.63. The van der Waals surface area contributed by atoms with E-state index in [-0.39, 0.29) is 18.7 Å². The number of ether oxygens (including phenoxy) is 1. The average Bonchev–Trinajstić information content (AvgIpc) is 2.90. The number of benzene rings is 1. The van der Waals surface area contributed by atoms with Crippen molar-refractivity contribution >= 4 is 11.8 Å². The maximum absolute atomic E-state index is 12.1. The van der Waals surface area contributed by atoms with Gasteiger partial charge in [-0.2, -0.15) is 5.10 Å². The van der Waals surface area contributed by atoms with Crippen LogP contribution < -0.4 is 10.6 Å². The molecular formula is C17H24N4O3. The van der Waals surface area contributed by atoms with E-state index in [0.29, 0.717) is 19.0 Å². The molecule has 0 spiro atoms. The lowest BCUT2D eigenvalue weighted by atomic mass is 10.1. The Morgan fingerprint density at radius 1 is 1.42 bits per heavy atom. The van der Waals surface area contributed by atoms with E-state index in [2.05, 4.69) is 15.7 Å². The van der Waals surface area contributed by atoms with E-state index >= 15 is 0 Å². The van der Waals surface area contributed by atoms with Gasteiger partial charge in [0.15, 0.2) is 0 Å². The molecule has 7 heteroatoms. The van der Waals surface area contributed by atoms with Gasteiger partial charge in [-0.1, -0.05) is 24.3 Å². The maximum atomic E-state index is 12.1. The first-order valence-corrected chi connectivity index (χ1v) is 7.86. The number of aryl methyl sites for hydroxylation is 1. The molecule has 0 fully saturated rings. The van der Waals surface area contributed by atoms with Crippen molar-refractivity contribution in [1.82, 2.24) is 15.1 Å². The number of nitrogens with one attached hydrogen (secondary N) is 2. The van der Waals surface area contributed by atoms with Crippen LogP contribution in [0.1, 0.15) is 12.5 Å². The van der Waals surface area contributed by atoms with E-state index in [9.17, 15) is 9.90 Å². The molecule has 2 rings (SSSR count). The Balaban J connectivity index is 2.20. The van der Waals surface area contributed by atoms with E-state index in [1.54, 1.807) is 17.9 Å². The number of aliphatic hydroxyl groups excluding tert-OH is 1. The second-order valence-corrected chi connectivity index (χ2v) is 5.63. The van der Waals surface area contributed by atoms with E-state index in [1.807, 2.05) is 38.1 Å². The molecule has 1 atom stereocenters. The summed E-state index contributed by atoms with van der Waals surface area (Å²) in [6.07, 6.45) is 0. The minimum Gasteiger partial charge on any atom is -0.394 e. The van der Waals surface area contributed by atoms with Gasteiger partial charge in [-0.25, -0.2) is 9.48 Å². The average molecular weight is 332 g/mol. The molecule has 0 bridgehead atoms. The number of hydrogen-bond donors (Lipinski definition) is 3. The molecule has 2 aromatic rings. The van der Waals surface area contributed by atoms with Gasteiger partial charge in [-0.05, 0) is 19.4 Å². The SMILES string of the molecule is COC[C@@H](C)NC(=O)Nc1cc(-c2ccccc2C)nn1CCO. The first-order chi connectivity index (χ1) is 11.5. The number of carbonyl (C=O) groups excluding carboxylic acids is 1. The number of urea groups is 1. The minimum absolute atomic E-state index is 0.0642. The third-order valence-electron chi connectivity index (χ3n) is 3.55. The fourth-order valence-corrected chi connectivity index (χ4v) is 2.44. The molecule has 1 aromatic heterocycles. The Kier molecular flexibility index (Phi) is 6.34. The first-order valence-electron chi connectivity index (χ1n) is 7.86. The van der Waals surface area contributed by atoms with E-state index in [4.69, 9.17) is 4.74 Å². The largest absolute Gasteiger partial charge is 0.394 e. The van der Waals surface area contributed by atoms with Crippen molar-refractivity contribution in [2.24, 2.45) is 0 Å². The van der Waals surface area contributed by atoms with Crippen molar-refractivity contribution in [2.45, 2.75) is 26.4 Å². The molecule has 7 nitrogen and oxygen atoms in total. The molecule has 2 amide bonds. The topological polar surface area (TPSA) is 88.4 Å². The molecular weight excluding hydrogens is 308 g/mol. The summed E-state index contributed by atoms with van der Waals surface area (Å²) in [6.45, 7) is 4.53. The number of nitrogens with zero attached hydrogens (tertiary/aromatic N) is 2. The Labute approximate surface area is 141 Å².